The summed E-state index contributed by atoms with van der Waals surface area (Å²) in [5.74, 6) is 0.162. The third kappa shape index (κ3) is 0.962. The van der Waals surface area contributed by atoms with Crippen molar-refractivity contribution in [1.29, 1.82) is 5.26 Å². The number of H-pyrrole nitrogens is 1. The monoisotopic (exact) mass is 191 g/mol. The van der Waals surface area contributed by atoms with Crippen molar-refractivity contribution in [2.45, 2.75) is 0 Å². The van der Waals surface area contributed by atoms with Crippen LogP contribution >= 0.6 is 0 Å². The molecule has 5 N–H and O–H groups in total. The van der Waals surface area contributed by atoms with E-state index < -0.39 is 0 Å². The lowest BCUT2D eigenvalue weighted by Crippen LogP contribution is -1.91. The zero-order valence-corrected chi connectivity index (χ0v) is 6.85. The first-order chi connectivity index (χ1) is 6.74. The van der Waals surface area contributed by atoms with Crippen LogP contribution in [0.2, 0.25) is 0 Å². The van der Waals surface area contributed by atoms with Crippen molar-refractivity contribution in [3.05, 3.63) is 5.56 Å². The van der Waals surface area contributed by atoms with E-state index in [0.717, 1.165) is 0 Å². The molecule has 8 heteroatoms. The summed E-state index contributed by atoms with van der Waals surface area (Å²) in [4.78, 5) is 0. The summed E-state index contributed by atoms with van der Waals surface area (Å²) in [5.41, 5.74) is 11.6. The molecule has 70 valence electrons. The topological polar surface area (TPSA) is 143 Å². The first kappa shape index (κ1) is 8.06. The van der Waals surface area contributed by atoms with E-state index in [1.54, 1.807) is 0 Å². The number of nitrogens with one attached hydrogen (secondary N) is 1. The highest BCUT2D eigenvalue weighted by atomic mass is 16.6. The van der Waals surface area contributed by atoms with Crippen molar-refractivity contribution in [3.63, 3.8) is 0 Å². The highest BCUT2D eigenvalue weighted by Gasteiger charge is 2.18. The second-order valence-corrected chi connectivity index (χ2v) is 2.47. The Labute approximate surface area is 77.5 Å². The SMILES string of the molecule is N#Cc1c(N)n[nH]c1-c1nonc1N. The molecule has 0 aliphatic rings. The number of rotatable bonds is 1. The van der Waals surface area contributed by atoms with Crippen LogP contribution in [0.1, 0.15) is 5.56 Å². The molecule has 0 bridgehead atoms. The maximum Gasteiger partial charge on any atom is 0.198 e. The predicted octanol–water partition coefficient (Wildman–Crippen LogP) is -0.504. The average molecular weight is 191 g/mol. The molecule has 2 heterocycles. The number of aromatic amines is 1. The molecule has 0 saturated carbocycles. The molecule has 2 aromatic rings. The van der Waals surface area contributed by atoms with Crippen molar-refractivity contribution in [2.24, 2.45) is 0 Å². The Bertz CT molecular complexity index is 504. The Morgan fingerprint density at radius 1 is 1.29 bits per heavy atom. The minimum absolute atomic E-state index is 0.0742. The van der Waals surface area contributed by atoms with E-state index in [2.05, 4.69) is 25.1 Å². The first-order valence-electron chi connectivity index (χ1n) is 3.56. The van der Waals surface area contributed by atoms with E-state index in [4.69, 9.17) is 16.7 Å². The second kappa shape index (κ2) is 2.74. The molecule has 0 amide bonds. The minimum Gasteiger partial charge on any atom is -0.381 e. The van der Waals surface area contributed by atoms with Gasteiger partial charge < -0.3 is 11.5 Å². The number of nitrogens with zero attached hydrogens (tertiary/aromatic N) is 4. The molecule has 2 rings (SSSR count). The van der Waals surface area contributed by atoms with Crippen LogP contribution in [0.5, 0.6) is 0 Å². The molecule has 0 atom stereocenters. The molecule has 0 fully saturated rings. The molecule has 0 spiro atoms. The van der Waals surface area contributed by atoms with E-state index in [1.165, 1.54) is 0 Å². The van der Waals surface area contributed by atoms with E-state index in [0.29, 0.717) is 5.69 Å². The molecule has 8 nitrogen and oxygen atoms in total. The Morgan fingerprint density at radius 3 is 2.64 bits per heavy atom. The van der Waals surface area contributed by atoms with Gasteiger partial charge in [-0.1, -0.05) is 0 Å². The second-order valence-electron chi connectivity index (χ2n) is 2.47. The fourth-order valence-corrected chi connectivity index (χ4v) is 1.01. The Balaban J connectivity index is 2.64. The zero-order valence-electron chi connectivity index (χ0n) is 6.85. The van der Waals surface area contributed by atoms with Gasteiger partial charge in [-0.2, -0.15) is 10.4 Å². The standard InChI is InChI=1S/C6H5N7O/c7-1-2-3(10-11-5(2)8)4-6(9)13-14-12-4/h(H2,9,13)(H3,8,10,11). The number of hydrogen-bond donors (Lipinski definition) is 3. The number of nitriles is 1. The van der Waals surface area contributed by atoms with E-state index in [-0.39, 0.29) is 22.9 Å². The van der Waals surface area contributed by atoms with Crippen LogP contribution in [0.25, 0.3) is 11.4 Å². The maximum atomic E-state index is 8.77. The van der Waals surface area contributed by atoms with Crippen LogP contribution in [0.4, 0.5) is 11.6 Å². The average Bonchev–Trinajstić information content (AvgIpc) is 2.71. The number of aromatic nitrogens is 4. The Kier molecular flexibility index (Phi) is 1.57. The largest absolute Gasteiger partial charge is 0.381 e. The third-order valence-electron chi connectivity index (χ3n) is 1.66. The summed E-state index contributed by atoms with van der Waals surface area (Å²) in [7, 11) is 0. The van der Waals surface area contributed by atoms with Gasteiger partial charge in [-0.25, -0.2) is 4.63 Å². The van der Waals surface area contributed by atoms with Gasteiger partial charge in [0.25, 0.3) is 0 Å². The predicted molar refractivity (Wildman–Crippen MR) is 45.4 cm³/mol. The number of anilines is 2. The van der Waals surface area contributed by atoms with Gasteiger partial charge in [0, 0.05) is 0 Å². The van der Waals surface area contributed by atoms with Crippen molar-refractivity contribution < 1.29 is 4.63 Å². The molecule has 0 radical (unpaired) electrons. The molecule has 0 aliphatic carbocycles. The number of nitrogen functional groups attached to an aromatic ring is 2. The van der Waals surface area contributed by atoms with Crippen LogP contribution in [-0.2, 0) is 0 Å². The lowest BCUT2D eigenvalue weighted by atomic mass is 10.2. The van der Waals surface area contributed by atoms with Gasteiger partial charge in [0.15, 0.2) is 17.3 Å². The Hall–Kier alpha value is -2.56. The fourth-order valence-electron chi connectivity index (χ4n) is 1.01. The maximum absolute atomic E-state index is 8.77. The molecule has 0 saturated heterocycles. The van der Waals surface area contributed by atoms with Crippen LogP contribution < -0.4 is 11.5 Å². The highest BCUT2D eigenvalue weighted by molar-refractivity contribution is 5.75. The number of nitrogens with two attached hydrogens (primary N) is 2. The smallest absolute Gasteiger partial charge is 0.198 e. The first-order valence-corrected chi connectivity index (χ1v) is 3.56. The van der Waals surface area contributed by atoms with E-state index in [1.807, 2.05) is 6.07 Å². The van der Waals surface area contributed by atoms with Crippen molar-refractivity contribution in [1.82, 2.24) is 20.5 Å². The van der Waals surface area contributed by atoms with Crippen molar-refractivity contribution in [2.75, 3.05) is 11.5 Å². The van der Waals surface area contributed by atoms with Gasteiger partial charge in [0.1, 0.15) is 17.3 Å². The lowest BCUT2D eigenvalue weighted by Gasteiger charge is -1.89. The van der Waals surface area contributed by atoms with Gasteiger partial charge in [0.05, 0.1) is 0 Å². The lowest BCUT2D eigenvalue weighted by molar-refractivity contribution is 0.310. The molecule has 0 unspecified atom stereocenters. The van der Waals surface area contributed by atoms with Gasteiger partial charge in [0.2, 0.25) is 0 Å². The fraction of sp³-hybridized carbons (Fsp3) is 0. The Morgan fingerprint density at radius 2 is 2.07 bits per heavy atom. The third-order valence-corrected chi connectivity index (χ3v) is 1.66. The van der Waals surface area contributed by atoms with Gasteiger partial charge >= 0.3 is 0 Å². The molecular formula is C6H5N7O. The van der Waals surface area contributed by atoms with Gasteiger partial charge in [-0.3, -0.25) is 5.10 Å². The van der Waals surface area contributed by atoms with Crippen molar-refractivity contribution >= 4 is 11.6 Å². The van der Waals surface area contributed by atoms with Crippen LogP contribution in [0, 0.1) is 11.3 Å². The van der Waals surface area contributed by atoms with Crippen LogP contribution in [0.15, 0.2) is 4.63 Å². The molecular weight excluding hydrogens is 186 g/mol. The summed E-state index contributed by atoms with van der Waals surface area (Å²) in [6, 6.07) is 1.88. The minimum atomic E-state index is 0.0742. The van der Waals surface area contributed by atoms with Crippen LogP contribution in [-0.4, -0.2) is 20.5 Å². The van der Waals surface area contributed by atoms with E-state index in [9.17, 15) is 0 Å². The zero-order chi connectivity index (χ0) is 10.1. The molecule has 14 heavy (non-hydrogen) atoms. The van der Waals surface area contributed by atoms with Gasteiger partial charge in [-0.15, -0.1) is 0 Å². The summed E-state index contributed by atoms with van der Waals surface area (Å²) in [6.07, 6.45) is 0. The van der Waals surface area contributed by atoms with Crippen LogP contribution in [0.3, 0.4) is 0 Å². The highest BCUT2D eigenvalue weighted by Crippen LogP contribution is 2.25. The normalized spacial score (nSPS) is 9.93. The molecule has 0 aliphatic heterocycles. The van der Waals surface area contributed by atoms with Crippen molar-refractivity contribution in [3.8, 4) is 17.5 Å². The molecule has 2 aromatic heterocycles. The number of hydrogen-bond acceptors (Lipinski definition) is 7. The summed E-state index contributed by atoms with van der Waals surface area (Å²) in [5, 5.41) is 21.8. The summed E-state index contributed by atoms with van der Waals surface area (Å²) < 4.78 is 4.39. The summed E-state index contributed by atoms with van der Waals surface area (Å²) in [6.45, 7) is 0. The summed E-state index contributed by atoms with van der Waals surface area (Å²) >= 11 is 0. The quantitative estimate of drug-likeness (QED) is 0.550. The van der Waals surface area contributed by atoms with Gasteiger partial charge in [-0.05, 0) is 10.3 Å². The molecule has 0 aromatic carbocycles. The van der Waals surface area contributed by atoms with E-state index >= 15 is 0 Å².